The van der Waals surface area contributed by atoms with Crippen molar-refractivity contribution in [3.8, 4) is 5.75 Å². The van der Waals surface area contributed by atoms with E-state index < -0.39 is 41.5 Å². The highest BCUT2D eigenvalue weighted by Gasteiger charge is 2.32. The Morgan fingerprint density at radius 2 is 1.70 bits per heavy atom. The highest BCUT2D eigenvalue weighted by Crippen LogP contribution is 2.27. The fourth-order valence-electron chi connectivity index (χ4n) is 3.17. The van der Waals surface area contributed by atoms with E-state index in [1.807, 2.05) is 13.8 Å². The highest BCUT2D eigenvalue weighted by atomic mass is 35.5. The Labute approximate surface area is 184 Å². The molecule has 1 aromatic carbocycles. The standard InChI is InChI=1S/C23H34ClFO5/c1-8-16(9-2)21(29-19-12-17(24)11-18(25)13-19)15(4)28-22(27)14(3)10-20(26)30-23(5,6)7/h11-16,21H,8-10H2,1-7H3/t14-,15+,21-/m1/s1. The fourth-order valence-corrected chi connectivity index (χ4v) is 3.38. The second kappa shape index (κ2) is 11.5. The summed E-state index contributed by atoms with van der Waals surface area (Å²) in [6, 6.07) is 3.98. The average molecular weight is 445 g/mol. The average Bonchev–Trinajstić information content (AvgIpc) is 2.59. The molecule has 0 aliphatic rings. The molecule has 7 heteroatoms. The number of esters is 2. The predicted molar refractivity (Wildman–Crippen MR) is 115 cm³/mol. The Morgan fingerprint density at radius 1 is 1.10 bits per heavy atom. The number of benzene rings is 1. The molecule has 0 bridgehead atoms. The number of carbonyl (C=O) groups excluding carboxylic acids is 2. The summed E-state index contributed by atoms with van der Waals surface area (Å²) in [5.41, 5.74) is -0.616. The van der Waals surface area contributed by atoms with E-state index in [2.05, 4.69) is 0 Å². The van der Waals surface area contributed by atoms with Gasteiger partial charge < -0.3 is 14.2 Å². The summed E-state index contributed by atoms with van der Waals surface area (Å²) >= 11 is 5.93. The first-order valence-corrected chi connectivity index (χ1v) is 10.8. The Bertz CT molecular complexity index is 692. The van der Waals surface area contributed by atoms with Crippen molar-refractivity contribution in [3.63, 3.8) is 0 Å². The molecule has 0 radical (unpaired) electrons. The van der Waals surface area contributed by atoms with E-state index in [9.17, 15) is 14.0 Å². The quantitative estimate of drug-likeness (QED) is 0.416. The van der Waals surface area contributed by atoms with Crippen molar-refractivity contribution >= 4 is 23.5 Å². The number of ether oxygens (including phenoxy) is 3. The van der Waals surface area contributed by atoms with Crippen LogP contribution in [0.2, 0.25) is 5.02 Å². The van der Waals surface area contributed by atoms with Gasteiger partial charge in [0.2, 0.25) is 0 Å². The molecule has 30 heavy (non-hydrogen) atoms. The maximum Gasteiger partial charge on any atom is 0.309 e. The van der Waals surface area contributed by atoms with Crippen LogP contribution in [-0.2, 0) is 19.1 Å². The molecular weight excluding hydrogens is 411 g/mol. The van der Waals surface area contributed by atoms with E-state index in [0.717, 1.165) is 12.8 Å². The van der Waals surface area contributed by atoms with Crippen LogP contribution in [0.4, 0.5) is 4.39 Å². The summed E-state index contributed by atoms with van der Waals surface area (Å²) in [6.07, 6.45) is 0.416. The van der Waals surface area contributed by atoms with Crippen LogP contribution in [-0.4, -0.2) is 29.7 Å². The number of halogens is 2. The minimum atomic E-state index is -0.659. The lowest BCUT2D eigenvalue weighted by Gasteiger charge is -2.31. The highest BCUT2D eigenvalue weighted by molar-refractivity contribution is 6.30. The number of hydrogen-bond donors (Lipinski definition) is 0. The molecule has 1 rings (SSSR count). The summed E-state index contributed by atoms with van der Waals surface area (Å²) in [5, 5.41) is 0.226. The van der Waals surface area contributed by atoms with Gasteiger partial charge in [-0.3, -0.25) is 9.59 Å². The maximum absolute atomic E-state index is 13.7. The first kappa shape index (κ1) is 26.2. The zero-order valence-corrected chi connectivity index (χ0v) is 19.7. The third-order valence-corrected chi connectivity index (χ3v) is 4.90. The van der Waals surface area contributed by atoms with E-state index in [4.69, 9.17) is 25.8 Å². The molecule has 0 heterocycles. The monoisotopic (exact) mass is 444 g/mol. The summed E-state index contributed by atoms with van der Waals surface area (Å²) in [6.45, 7) is 12.7. The molecule has 1 aromatic rings. The van der Waals surface area contributed by atoms with Crippen LogP contribution in [0.15, 0.2) is 18.2 Å². The van der Waals surface area contributed by atoms with Gasteiger partial charge in [-0.2, -0.15) is 0 Å². The van der Waals surface area contributed by atoms with Crippen molar-refractivity contribution in [1.82, 2.24) is 0 Å². The van der Waals surface area contributed by atoms with Crippen LogP contribution >= 0.6 is 11.6 Å². The van der Waals surface area contributed by atoms with Crippen molar-refractivity contribution in [1.29, 1.82) is 0 Å². The molecule has 0 N–H and O–H groups in total. The molecule has 0 saturated carbocycles. The first-order chi connectivity index (χ1) is 13.9. The summed E-state index contributed by atoms with van der Waals surface area (Å²) in [4.78, 5) is 24.5. The lowest BCUT2D eigenvalue weighted by Crippen LogP contribution is -2.40. The summed E-state index contributed by atoms with van der Waals surface area (Å²) in [7, 11) is 0. The van der Waals surface area contributed by atoms with Gasteiger partial charge in [0.05, 0.1) is 12.3 Å². The molecule has 0 spiro atoms. The predicted octanol–water partition coefficient (Wildman–Crippen LogP) is 5.96. The van der Waals surface area contributed by atoms with Gasteiger partial charge in [0.25, 0.3) is 0 Å². The lowest BCUT2D eigenvalue weighted by molar-refractivity contribution is -0.166. The minimum Gasteiger partial charge on any atom is -0.486 e. The second-order valence-corrected chi connectivity index (χ2v) is 9.03. The number of carbonyl (C=O) groups is 2. The largest absolute Gasteiger partial charge is 0.486 e. The molecular formula is C23H34ClFO5. The van der Waals surface area contributed by atoms with E-state index in [1.54, 1.807) is 34.6 Å². The van der Waals surface area contributed by atoms with E-state index in [1.165, 1.54) is 18.2 Å². The molecule has 170 valence electrons. The van der Waals surface area contributed by atoms with Crippen LogP contribution in [0.3, 0.4) is 0 Å². The zero-order valence-electron chi connectivity index (χ0n) is 19.0. The van der Waals surface area contributed by atoms with Crippen molar-refractivity contribution in [3.05, 3.63) is 29.0 Å². The van der Waals surface area contributed by atoms with Gasteiger partial charge in [-0.25, -0.2) is 4.39 Å². The Kier molecular flexibility index (Phi) is 10.1. The van der Waals surface area contributed by atoms with E-state index >= 15 is 0 Å². The van der Waals surface area contributed by atoms with Crippen LogP contribution in [0.1, 0.15) is 67.7 Å². The number of hydrogen-bond acceptors (Lipinski definition) is 5. The normalized spacial score (nSPS) is 14.7. The van der Waals surface area contributed by atoms with Gasteiger partial charge in [-0.05, 0) is 58.6 Å². The molecule has 0 aliphatic carbocycles. The van der Waals surface area contributed by atoms with Gasteiger partial charge in [-0.1, -0.05) is 32.4 Å². The van der Waals surface area contributed by atoms with Gasteiger partial charge in [0.15, 0.2) is 0 Å². The van der Waals surface area contributed by atoms with E-state index in [0.29, 0.717) is 0 Å². The minimum absolute atomic E-state index is 0.0706. The Hall–Kier alpha value is -1.82. The molecule has 5 nitrogen and oxygen atoms in total. The van der Waals surface area contributed by atoms with Crippen molar-refractivity contribution in [2.24, 2.45) is 11.8 Å². The third kappa shape index (κ3) is 8.90. The molecule has 3 atom stereocenters. The van der Waals surface area contributed by atoms with Gasteiger partial charge in [-0.15, -0.1) is 0 Å². The molecule has 0 saturated heterocycles. The molecule has 0 aromatic heterocycles. The van der Waals surface area contributed by atoms with Crippen LogP contribution in [0.5, 0.6) is 5.75 Å². The van der Waals surface area contributed by atoms with Crippen molar-refractivity contribution < 1.29 is 28.2 Å². The second-order valence-electron chi connectivity index (χ2n) is 8.60. The van der Waals surface area contributed by atoms with E-state index in [-0.39, 0.29) is 23.1 Å². The lowest BCUT2D eigenvalue weighted by atomic mass is 9.93. The summed E-state index contributed by atoms with van der Waals surface area (Å²) < 4.78 is 30.6. The Balaban J connectivity index is 2.87. The SMILES string of the molecule is CCC(CC)[C@H](Oc1cc(F)cc(Cl)c1)[C@H](C)OC(=O)[C@H](C)CC(=O)OC(C)(C)C. The van der Waals surface area contributed by atoms with Crippen LogP contribution in [0.25, 0.3) is 0 Å². The van der Waals surface area contributed by atoms with Crippen LogP contribution < -0.4 is 4.74 Å². The topological polar surface area (TPSA) is 61.8 Å². The summed E-state index contributed by atoms with van der Waals surface area (Å²) in [5.74, 6) is -1.77. The molecule has 0 amide bonds. The zero-order chi connectivity index (χ0) is 23.1. The third-order valence-electron chi connectivity index (χ3n) is 4.68. The smallest absolute Gasteiger partial charge is 0.309 e. The van der Waals surface area contributed by atoms with Crippen molar-refractivity contribution in [2.75, 3.05) is 0 Å². The van der Waals surface area contributed by atoms with Crippen LogP contribution in [0, 0.1) is 17.7 Å². The molecule has 0 fully saturated rings. The maximum atomic E-state index is 13.7. The van der Waals surface area contributed by atoms with Gasteiger partial charge >= 0.3 is 11.9 Å². The number of rotatable bonds is 10. The Morgan fingerprint density at radius 3 is 2.20 bits per heavy atom. The first-order valence-electron chi connectivity index (χ1n) is 10.4. The van der Waals surface area contributed by atoms with Gasteiger partial charge in [0, 0.05) is 11.1 Å². The molecule has 0 aliphatic heterocycles. The van der Waals surface area contributed by atoms with Gasteiger partial charge in [0.1, 0.15) is 29.4 Å². The molecule has 0 unspecified atom stereocenters. The van der Waals surface area contributed by atoms with Crippen molar-refractivity contribution in [2.45, 2.75) is 85.5 Å². The fraction of sp³-hybridized carbons (Fsp3) is 0.652.